The summed E-state index contributed by atoms with van der Waals surface area (Å²) in [6, 6.07) is 24.1. The molecule has 0 aliphatic carbocycles. The number of phenolic OH excluding ortho intramolecular Hbond substituents is 1. The van der Waals surface area contributed by atoms with Crippen molar-refractivity contribution in [3.05, 3.63) is 94.0 Å². The van der Waals surface area contributed by atoms with Gasteiger partial charge in [-0.25, -0.2) is 0 Å². The van der Waals surface area contributed by atoms with Gasteiger partial charge in [0.2, 0.25) is 0 Å². The van der Waals surface area contributed by atoms with Crippen LogP contribution in [0.25, 0.3) is 11.1 Å². The molecule has 0 heterocycles. The van der Waals surface area contributed by atoms with Gasteiger partial charge < -0.3 is 14.7 Å². The first-order valence-electron chi connectivity index (χ1n) is 10.1. The fourth-order valence-electron chi connectivity index (χ4n) is 3.38. The minimum atomic E-state index is 0. The monoisotopic (exact) mass is 501 g/mol. The van der Waals surface area contributed by atoms with Crippen molar-refractivity contribution in [3.63, 3.8) is 0 Å². The van der Waals surface area contributed by atoms with Crippen molar-refractivity contribution in [2.24, 2.45) is 0 Å². The van der Waals surface area contributed by atoms with Gasteiger partial charge in [-0.15, -0.1) is 12.4 Å². The van der Waals surface area contributed by atoms with E-state index in [-0.39, 0.29) is 18.2 Å². The molecule has 0 aromatic heterocycles. The van der Waals surface area contributed by atoms with Crippen molar-refractivity contribution < 1.29 is 9.84 Å². The number of likely N-dealkylation sites (N-methyl/N-ethyl adjacent to an activating group) is 1. The van der Waals surface area contributed by atoms with Gasteiger partial charge >= 0.3 is 0 Å². The number of hydrogen-bond acceptors (Lipinski definition) is 3. The first kappa shape index (κ1) is 25.0. The highest BCUT2D eigenvalue weighted by Crippen LogP contribution is 2.36. The smallest absolute Gasteiger partial charge is 0.119 e. The zero-order valence-electron chi connectivity index (χ0n) is 18.1. The number of allylic oxidation sites excluding steroid dienone is 1. The molecule has 0 aliphatic heterocycles. The first-order chi connectivity index (χ1) is 14.5. The Morgan fingerprint density at radius 3 is 1.87 bits per heavy atom. The van der Waals surface area contributed by atoms with E-state index in [4.69, 9.17) is 4.74 Å². The molecule has 0 unspecified atom stereocenters. The van der Waals surface area contributed by atoms with Crippen molar-refractivity contribution in [1.82, 2.24) is 4.90 Å². The molecule has 0 bridgehead atoms. The Labute approximate surface area is 199 Å². The molecular formula is C26H29BrClNO2. The van der Waals surface area contributed by atoms with Crippen LogP contribution in [0.1, 0.15) is 30.0 Å². The predicted molar refractivity (Wildman–Crippen MR) is 136 cm³/mol. The number of aromatic hydroxyl groups is 1. The van der Waals surface area contributed by atoms with Crippen LogP contribution in [-0.4, -0.2) is 37.3 Å². The lowest BCUT2D eigenvalue weighted by molar-refractivity contribution is 0.261. The summed E-state index contributed by atoms with van der Waals surface area (Å²) < 4.78 is 6.92. The predicted octanol–water partition coefficient (Wildman–Crippen LogP) is 6.89. The van der Waals surface area contributed by atoms with Crippen molar-refractivity contribution >= 4 is 39.5 Å². The quantitative estimate of drug-likeness (QED) is 0.341. The van der Waals surface area contributed by atoms with Crippen LogP contribution < -0.4 is 4.74 Å². The highest BCUT2D eigenvalue weighted by molar-refractivity contribution is 9.10. The van der Waals surface area contributed by atoms with Gasteiger partial charge in [-0.1, -0.05) is 59.3 Å². The van der Waals surface area contributed by atoms with Gasteiger partial charge in [0, 0.05) is 11.0 Å². The number of halogens is 2. The molecule has 0 saturated heterocycles. The molecule has 1 N–H and O–H groups in total. The summed E-state index contributed by atoms with van der Waals surface area (Å²) in [5, 5.41) is 9.77. The molecule has 31 heavy (non-hydrogen) atoms. The van der Waals surface area contributed by atoms with E-state index in [1.54, 1.807) is 12.1 Å². The number of rotatable bonds is 8. The van der Waals surface area contributed by atoms with E-state index in [0.29, 0.717) is 6.61 Å². The van der Waals surface area contributed by atoms with Gasteiger partial charge in [0.1, 0.15) is 18.1 Å². The van der Waals surface area contributed by atoms with E-state index in [1.807, 2.05) is 38.4 Å². The number of ether oxygens (including phenoxy) is 1. The Bertz CT molecular complexity index is 981. The summed E-state index contributed by atoms with van der Waals surface area (Å²) in [4.78, 5) is 2.10. The van der Waals surface area contributed by atoms with E-state index in [0.717, 1.165) is 34.3 Å². The molecule has 0 fully saturated rings. The van der Waals surface area contributed by atoms with E-state index >= 15 is 0 Å². The number of nitrogens with zero attached hydrogens (tertiary/aromatic N) is 1. The Kier molecular flexibility index (Phi) is 9.63. The highest BCUT2D eigenvalue weighted by atomic mass is 79.9. The molecule has 0 atom stereocenters. The maximum atomic E-state index is 9.77. The topological polar surface area (TPSA) is 32.7 Å². The number of phenols is 1. The van der Waals surface area contributed by atoms with Crippen LogP contribution in [-0.2, 0) is 0 Å². The summed E-state index contributed by atoms with van der Waals surface area (Å²) in [5.41, 5.74) is 5.82. The lowest BCUT2D eigenvalue weighted by Crippen LogP contribution is -2.19. The number of hydrogen-bond donors (Lipinski definition) is 1. The van der Waals surface area contributed by atoms with Gasteiger partial charge in [0.05, 0.1) is 0 Å². The second-order valence-corrected chi connectivity index (χ2v) is 8.35. The minimum absolute atomic E-state index is 0. The number of benzene rings is 3. The SMILES string of the molecule is CC/C(=C(/c1ccc(O)cc1)c1ccc(OCCN(C)C)cc1)c1ccc(Br)cc1.Cl. The fraction of sp³-hybridized carbons (Fsp3) is 0.231. The Hall–Kier alpha value is -2.27. The summed E-state index contributed by atoms with van der Waals surface area (Å²) in [6.07, 6.45) is 0.888. The molecule has 5 heteroatoms. The van der Waals surface area contributed by atoms with Gasteiger partial charge in [-0.05, 0) is 84.8 Å². The van der Waals surface area contributed by atoms with Gasteiger partial charge in [0.15, 0.2) is 0 Å². The Balaban J connectivity index is 0.00000341. The minimum Gasteiger partial charge on any atom is -0.508 e. The second-order valence-electron chi connectivity index (χ2n) is 7.44. The van der Waals surface area contributed by atoms with Crippen LogP contribution in [0.4, 0.5) is 0 Å². The standard InChI is InChI=1S/C26H28BrNO2.ClH/c1-4-25(19-5-11-22(27)12-6-19)26(20-7-13-23(29)14-8-20)21-9-15-24(16-10-21)30-18-17-28(2)3;/h5-16,29H,4,17-18H2,1-3H3;1H/b26-25+;. The van der Waals surface area contributed by atoms with Crippen LogP contribution in [0.5, 0.6) is 11.5 Å². The molecule has 3 aromatic rings. The van der Waals surface area contributed by atoms with Crippen molar-refractivity contribution in [3.8, 4) is 11.5 Å². The van der Waals surface area contributed by atoms with E-state index in [1.165, 1.54) is 16.7 Å². The molecule has 164 valence electrons. The lowest BCUT2D eigenvalue weighted by Gasteiger charge is -2.17. The van der Waals surface area contributed by atoms with Crippen LogP contribution >= 0.6 is 28.3 Å². The third-order valence-electron chi connectivity index (χ3n) is 4.95. The third-order valence-corrected chi connectivity index (χ3v) is 5.48. The summed E-state index contributed by atoms with van der Waals surface area (Å²) in [7, 11) is 4.07. The van der Waals surface area contributed by atoms with Gasteiger partial charge in [0.25, 0.3) is 0 Å². The van der Waals surface area contributed by atoms with E-state index in [9.17, 15) is 5.11 Å². The summed E-state index contributed by atoms with van der Waals surface area (Å²) >= 11 is 3.53. The molecule has 0 amide bonds. The van der Waals surface area contributed by atoms with Crippen LogP contribution in [0, 0.1) is 0 Å². The van der Waals surface area contributed by atoms with Crippen molar-refractivity contribution in [2.45, 2.75) is 13.3 Å². The molecule has 0 aliphatic rings. The normalized spacial score (nSPS) is 11.6. The van der Waals surface area contributed by atoms with Gasteiger partial charge in [-0.2, -0.15) is 0 Å². The largest absolute Gasteiger partial charge is 0.508 e. The average molecular weight is 503 g/mol. The maximum Gasteiger partial charge on any atom is 0.119 e. The molecule has 3 aromatic carbocycles. The summed E-state index contributed by atoms with van der Waals surface area (Å²) in [5.74, 6) is 1.14. The Morgan fingerprint density at radius 2 is 1.35 bits per heavy atom. The molecule has 0 radical (unpaired) electrons. The van der Waals surface area contributed by atoms with Crippen LogP contribution in [0.2, 0.25) is 0 Å². The van der Waals surface area contributed by atoms with Crippen LogP contribution in [0.3, 0.4) is 0 Å². The highest BCUT2D eigenvalue weighted by Gasteiger charge is 2.13. The van der Waals surface area contributed by atoms with Gasteiger partial charge in [-0.3, -0.25) is 0 Å². The van der Waals surface area contributed by atoms with E-state index in [2.05, 4.69) is 64.2 Å². The fourth-order valence-corrected chi connectivity index (χ4v) is 3.65. The second kappa shape index (κ2) is 11.9. The van der Waals surface area contributed by atoms with Crippen LogP contribution in [0.15, 0.2) is 77.3 Å². The molecule has 0 spiro atoms. The van der Waals surface area contributed by atoms with Crippen molar-refractivity contribution in [1.29, 1.82) is 0 Å². The average Bonchev–Trinajstić information content (AvgIpc) is 2.74. The van der Waals surface area contributed by atoms with Crippen molar-refractivity contribution in [2.75, 3.05) is 27.2 Å². The molecule has 0 saturated carbocycles. The maximum absolute atomic E-state index is 9.77. The molecule has 3 rings (SSSR count). The Morgan fingerprint density at radius 1 is 0.839 bits per heavy atom. The molecule has 3 nitrogen and oxygen atoms in total. The lowest BCUT2D eigenvalue weighted by atomic mass is 9.88. The third kappa shape index (κ3) is 6.86. The molecular weight excluding hydrogens is 474 g/mol. The zero-order chi connectivity index (χ0) is 21.5. The zero-order valence-corrected chi connectivity index (χ0v) is 20.5. The first-order valence-corrected chi connectivity index (χ1v) is 10.9. The summed E-state index contributed by atoms with van der Waals surface area (Å²) in [6.45, 7) is 3.71. The van der Waals surface area contributed by atoms with E-state index < -0.39 is 0 Å².